The van der Waals surface area contributed by atoms with Gasteiger partial charge in [0.25, 0.3) is 0 Å². The number of hydrogen-bond donors (Lipinski definition) is 2. The Morgan fingerprint density at radius 3 is 2.75 bits per heavy atom. The Kier molecular flexibility index (Phi) is 6.02. The minimum Gasteiger partial charge on any atom is -0.352 e. The predicted octanol–water partition coefficient (Wildman–Crippen LogP) is 1.26. The molecule has 5 nitrogen and oxygen atoms in total. The van der Waals surface area contributed by atoms with E-state index in [-0.39, 0.29) is 30.4 Å². The molecule has 1 saturated heterocycles. The number of rotatable bonds is 4. The zero-order valence-corrected chi connectivity index (χ0v) is 13.5. The molecule has 2 atom stereocenters. The predicted molar refractivity (Wildman–Crippen MR) is 82.3 cm³/mol. The number of halogens is 1. The summed E-state index contributed by atoms with van der Waals surface area (Å²) in [4.78, 5) is 12.0. The summed E-state index contributed by atoms with van der Waals surface area (Å²) in [5, 5.41) is 10.7. The molecule has 6 heteroatoms. The summed E-state index contributed by atoms with van der Waals surface area (Å²) in [6, 6.07) is 0.134. The molecule has 1 aromatic rings. The lowest BCUT2D eigenvalue weighted by Gasteiger charge is -2.17. The number of amides is 1. The number of hydrogen-bond acceptors (Lipinski definition) is 3. The van der Waals surface area contributed by atoms with Crippen LogP contribution in [0, 0.1) is 13.8 Å². The molecule has 2 unspecified atom stereocenters. The van der Waals surface area contributed by atoms with E-state index in [1.54, 1.807) is 0 Å². The van der Waals surface area contributed by atoms with Gasteiger partial charge >= 0.3 is 0 Å². The van der Waals surface area contributed by atoms with E-state index < -0.39 is 0 Å². The van der Waals surface area contributed by atoms with Crippen LogP contribution >= 0.6 is 12.4 Å². The summed E-state index contributed by atoms with van der Waals surface area (Å²) in [7, 11) is 1.96. The summed E-state index contributed by atoms with van der Waals surface area (Å²) in [6.45, 7) is 7.10. The van der Waals surface area contributed by atoms with E-state index in [2.05, 4.69) is 29.6 Å². The fourth-order valence-corrected chi connectivity index (χ4v) is 2.72. The summed E-state index contributed by atoms with van der Waals surface area (Å²) in [5.41, 5.74) is 3.48. The van der Waals surface area contributed by atoms with Crippen LogP contribution in [0.4, 0.5) is 0 Å². The molecule has 0 spiro atoms. The SMILES string of the molecule is Cc1nn(C)c(C)c1CC(C)NC(=O)C1CCCN1.Cl. The summed E-state index contributed by atoms with van der Waals surface area (Å²) < 4.78 is 1.90. The third kappa shape index (κ3) is 3.73. The van der Waals surface area contributed by atoms with Crippen molar-refractivity contribution < 1.29 is 4.79 Å². The lowest BCUT2D eigenvalue weighted by Crippen LogP contribution is -2.44. The van der Waals surface area contributed by atoms with Gasteiger partial charge in [0.05, 0.1) is 11.7 Å². The minimum atomic E-state index is -0.00135. The monoisotopic (exact) mass is 300 g/mol. The van der Waals surface area contributed by atoms with E-state index in [0.717, 1.165) is 31.5 Å². The second-order valence-corrected chi connectivity index (χ2v) is 5.54. The molecule has 2 rings (SSSR count). The van der Waals surface area contributed by atoms with Crippen LogP contribution in [0.2, 0.25) is 0 Å². The Morgan fingerprint density at radius 1 is 1.55 bits per heavy atom. The molecule has 0 bridgehead atoms. The minimum absolute atomic E-state index is 0. The number of aromatic nitrogens is 2. The largest absolute Gasteiger partial charge is 0.352 e. The maximum atomic E-state index is 12.0. The molecule has 0 saturated carbocycles. The fraction of sp³-hybridized carbons (Fsp3) is 0.714. The van der Waals surface area contributed by atoms with Gasteiger partial charge in [-0.3, -0.25) is 9.48 Å². The highest BCUT2D eigenvalue weighted by Crippen LogP contribution is 2.14. The van der Waals surface area contributed by atoms with Crippen LogP contribution in [0.25, 0.3) is 0 Å². The number of carbonyl (C=O) groups is 1. The fourth-order valence-electron chi connectivity index (χ4n) is 2.72. The number of aryl methyl sites for hydroxylation is 2. The van der Waals surface area contributed by atoms with E-state index in [4.69, 9.17) is 0 Å². The van der Waals surface area contributed by atoms with Crippen LogP contribution in [0.1, 0.15) is 36.7 Å². The Balaban J connectivity index is 0.00000200. The molecule has 1 fully saturated rings. The van der Waals surface area contributed by atoms with Crippen molar-refractivity contribution in [1.29, 1.82) is 0 Å². The Labute approximate surface area is 126 Å². The summed E-state index contributed by atoms with van der Waals surface area (Å²) in [6.07, 6.45) is 2.88. The first-order chi connectivity index (χ1) is 8.99. The maximum Gasteiger partial charge on any atom is 0.237 e. The standard InChI is InChI=1S/C14H24N4O.ClH/c1-9(16-14(19)13-6-5-7-15-13)8-12-10(2)17-18(4)11(12)3;/h9,13,15H,5-8H2,1-4H3,(H,16,19);1H. The van der Waals surface area contributed by atoms with Crippen LogP contribution < -0.4 is 10.6 Å². The Morgan fingerprint density at radius 2 is 2.25 bits per heavy atom. The lowest BCUT2D eigenvalue weighted by molar-refractivity contribution is -0.123. The van der Waals surface area contributed by atoms with Crippen LogP contribution in [0.5, 0.6) is 0 Å². The first-order valence-electron chi connectivity index (χ1n) is 7.02. The highest BCUT2D eigenvalue weighted by atomic mass is 35.5. The quantitative estimate of drug-likeness (QED) is 0.880. The first-order valence-corrected chi connectivity index (χ1v) is 7.02. The topological polar surface area (TPSA) is 59.0 Å². The molecule has 20 heavy (non-hydrogen) atoms. The van der Waals surface area contributed by atoms with Gasteiger partial charge in [-0.05, 0) is 52.1 Å². The molecule has 0 aromatic carbocycles. The van der Waals surface area contributed by atoms with Crippen LogP contribution in [-0.2, 0) is 18.3 Å². The molecule has 1 aliphatic rings. The van der Waals surface area contributed by atoms with Crippen LogP contribution in [0.15, 0.2) is 0 Å². The van der Waals surface area contributed by atoms with Crippen molar-refractivity contribution >= 4 is 18.3 Å². The molecule has 114 valence electrons. The van der Waals surface area contributed by atoms with Crippen molar-refractivity contribution in [3.63, 3.8) is 0 Å². The van der Waals surface area contributed by atoms with Gasteiger partial charge in [-0.15, -0.1) is 12.4 Å². The average molecular weight is 301 g/mol. The van der Waals surface area contributed by atoms with Crippen molar-refractivity contribution in [2.24, 2.45) is 7.05 Å². The van der Waals surface area contributed by atoms with E-state index in [1.165, 1.54) is 11.3 Å². The van der Waals surface area contributed by atoms with E-state index >= 15 is 0 Å². The van der Waals surface area contributed by atoms with Gasteiger partial charge in [0.2, 0.25) is 5.91 Å². The first kappa shape index (κ1) is 17.0. The van der Waals surface area contributed by atoms with Crippen molar-refractivity contribution in [3.05, 3.63) is 17.0 Å². The zero-order valence-electron chi connectivity index (χ0n) is 12.7. The number of nitrogens with zero attached hydrogens (tertiary/aromatic N) is 2. The second-order valence-electron chi connectivity index (χ2n) is 5.54. The Hall–Kier alpha value is -1.07. The average Bonchev–Trinajstić information content (AvgIpc) is 2.94. The van der Waals surface area contributed by atoms with Gasteiger partial charge in [-0.1, -0.05) is 0 Å². The molecule has 0 radical (unpaired) electrons. The molecule has 2 N–H and O–H groups in total. The van der Waals surface area contributed by atoms with Crippen molar-refractivity contribution in [3.8, 4) is 0 Å². The highest BCUT2D eigenvalue weighted by Gasteiger charge is 2.23. The molecule has 1 aromatic heterocycles. The number of carbonyl (C=O) groups excluding carboxylic acids is 1. The van der Waals surface area contributed by atoms with Gasteiger partial charge in [0, 0.05) is 18.8 Å². The maximum absolute atomic E-state index is 12.0. The van der Waals surface area contributed by atoms with E-state index in [0.29, 0.717) is 0 Å². The molecular weight excluding hydrogens is 276 g/mol. The van der Waals surface area contributed by atoms with E-state index in [9.17, 15) is 4.79 Å². The lowest BCUT2D eigenvalue weighted by atomic mass is 10.0. The van der Waals surface area contributed by atoms with Crippen molar-refractivity contribution in [2.75, 3.05) is 6.54 Å². The van der Waals surface area contributed by atoms with E-state index in [1.807, 2.05) is 18.7 Å². The van der Waals surface area contributed by atoms with Gasteiger partial charge in [0.15, 0.2) is 0 Å². The second kappa shape index (κ2) is 7.09. The normalized spacial score (nSPS) is 19.5. The highest BCUT2D eigenvalue weighted by molar-refractivity contribution is 5.85. The molecule has 1 aliphatic heterocycles. The zero-order chi connectivity index (χ0) is 14.0. The third-order valence-electron chi connectivity index (χ3n) is 3.93. The van der Waals surface area contributed by atoms with Gasteiger partial charge in [-0.25, -0.2) is 0 Å². The van der Waals surface area contributed by atoms with Gasteiger partial charge in [-0.2, -0.15) is 5.10 Å². The molecule has 0 aliphatic carbocycles. The molecular formula is C14H25ClN4O. The van der Waals surface area contributed by atoms with Crippen LogP contribution in [0.3, 0.4) is 0 Å². The smallest absolute Gasteiger partial charge is 0.237 e. The van der Waals surface area contributed by atoms with Crippen molar-refractivity contribution in [2.45, 2.75) is 52.1 Å². The molecule has 2 heterocycles. The number of nitrogens with one attached hydrogen (secondary N) is 2. The van der Waals surface area contributed by atoms with Gasteiger partial charge < -0.3 is 10.6 Å². The molecule has 1 amide bonds. The summed E-state index contributed by atoms with van der Waals surface area (Å²) in [5.74, 6) is 0.129. The van der Waals surface area contributed by atoms with Gasteiger partial charge in [0.1, 0.15) is 0 Å². The summed E-state index contributed by atoms with van der Waals surface area (Å²) >= 11 is 0. The third-order valence-corrected chi connectivity index (χ3v) is 3.93. The Bertz CT molecular complexity index is 466. The van der Waals surface area contributed by atoms with Crippen molar-refractivity contribution in [1.82, 2.24) is 20.4 Å². The van der Waals surface area contributed by atoms with Crippen LogP contribution in [-0.4, -0.2) is 34.3 Å².